The summed E-state index contributed by atoms with van der Waals surface area (Å²) in [6.45, 7) is 0. The summed E-state index contributed by atoms with van der Waals surface area (Å²) in [7, 11) is 0. The van der Waals surface area contributed by atoms with Gasteiger partial charge in [0, 0.05) is 6.08 Å². The van der Waals surface area contributed by atoms with Gasteiger partial charge in [-0.25, -0.2) is 14.4 Å². The number of para-hydroxylation sites is 4. The number of aromatic nitrogens is 4. The van der Waals surface area contributed by atoms with Crippen LogP contribution in [0.4, 0.5) is 0 Å². The molecule has 0 saturated heterocycles. The van der Waals surface area contributed by atoms with E-state index in [-0.39, 0.29) is 5.56 Å². The Morgan fingerprint density at radius 2 is 1.78 bits per heavy atom. The van der Waals surface area contributed by atoms with Crippen LogP contribution in [0.3, 0.4) is 0 Å². The first-order valence-corrected chi connectivity index (χ1v) is 7.98. The molecule has 23 heavy (non-hydrogen) atoms. The van der Waals surface area contributed by atoms with Crippen molar-refractivity contribution in [1.29, 1.82) is 0 Å². The minimum absolute atomic E-state index is 0.0563. The lowest BCUT2D eigenvalue weighted by molar-refractivity contribution is 1.18. The maximum Gasteiger partial charge on any atom is 0.275 e. The van der Waals surface area contributed by atoms with E-state index in [2.05, 4.69) is 15.0 Å². The molecule has 5 nitrogen and oxygen atoms in total. The van der Waals surface area contributed by atoms with E-state index in [1.54, 1.807) is 10.5 Å². The van der Waals surface area contributed by atoms with Gasteiger partial charge in [-0.1, -0.05) is 35.6 Å². The number of thiazole rings is 1. The van der Waals surface area contributed by atoms with E-state index in [0.29, 0.717) is 15.3 Å². The second kappa shape index (κ2) is 4.50. The molecule has 0 saturated carbocycles. The zero-order chi connectivity index (χ0) is 15.4. The van der Waals surface area contributed by atoms with Crippen LogP contribution in [0.25, 0.3) is 33.1 Å². The molecule has 0 radical (unpaired) electrons. The maximum absolute atomic E-state index is 12.7. The predicted molar refractivity (Wildman–Crippen MR) is 91.7 cm³/mol. The summed E-state index contributed by atoms with van der Waals surface area (Å²) in [6, 6.07) is 15.5. The normalized spacial score (nSPS) is 12.8. The van der Waals surface area contributed by atoms with Crippen molar-refractivity contribution in [2.45, 2.75) is 0 Å². The van der Waals surface area contributed by atoms with Gasteiger partial charge in [-0.2, -0.15) is 0 Å². The van der Waals surface area contributed by atoms with Crippen molar-refractivity contribution in [3.63, 3.8) is 0 Å². The van der Waals surface area contributed by atoms with Crippen LogP contribution in [0.15, 0.2) is 53.3 Å². The average Bonchev–Trinajstić information content (AvgIpc) is 3.20. The van der Waals surface area contributed by atoms with Crippen molar-refractivity contribution in [2.24, 2.45) is 0 Å². The van der Waals surface area contributed by atoms with Crippen molar-refractivity contribution >= 4 is 44.4 Å². The van der Waals surface area contributed by atoms with Crippen LogP contribution >= 0.6 is 11.3 Å². The van der Waals surface area contributed by atoms with E-state index in [9.17, 15) is 4.79 Å². The van der Waals surface area contributed by atoms with Gasteiger partial charge in [0.1, 0.15) is 10.4 Å². The molecule has 0 spiro atoms. The fourth-order valence-electron chi connectivity index (χ4n) is 2.78. The summed E-state index contributed by atoms with van der Waals surface area (Å²) < 4.78 is 2.28. The van der Waals surface area contributed by atoms with E-state index in [4.69, 9.17) is 0 Å². The first-order valence-electron chi connectivity index (χ1n) is 7.16. The number of rotatable bonds is 1. The van der Waals surface area contributed by atoms with E-state index in [1.165, 1.54) is 11.3 Å². The topological polar surface area (TPSA) is 63.0 Å². The molecule has 0 aliphatic carbocycles. The van der Waals surface area contributed by atoms with Crippen LogP contribution in [0.1, 0.15) is 5.82 Å². The van der Waals surface area contributed by atoms with Gasteiger partial charge in [0.15, 0.2) is 4.96 Å². The third-order valence-corrected chi connectivity index (χ3v) is 4.79. The number of H-pyrrole nitrogens is 1. The zero-order valence-electron chi connectivity index (χ0n) is 11.9. The minimum Gasteiger partial charge on any atom is -0.338 e. The van der Waals surface area contributed by atoms with Gasteiger partial charge in [-0.05, 0) is 24.3 Å². The number of benzene rings is 2. The van der Waals surface area contributed by atoms with Gasteiger partial charge in [0.2, 0.25) is 0 Å². The number of fused-ring (bicyclic) bond motifs is 4. The van der Waals surface area contributed by atoms with E-state index in [1.807, 2.05) is 48.5 Å². The third-order valence-electron chi connectivity index (χ3n) is 3.82. The molecule has 0 aliphatic rings. The Balaban J connectivity index is 1.79. The lowest BCUT2D eigenvalue weighted by Gasteiger charge is -1.86. The second-order valence-electron chi connectivity index (χ2n) is 5.27. The molecule has 1 N–H and O–H groups in total. The highest BCUT2D eigenvalue weighted by Gasteiger charge is 2.10. The van der Waals surface area contributed by atoms with Crippen LogP contribution in [0.5, 0.6) is 0 Å². The van der Waals surface area contributed by atoms with Crippen LogP contribution in [-0.2, 0) is 0 Å². The number of hydrogen-bond donors (Lipinski definition) is 1. The summed E-state index contributed by atoms with van der Waals surface area (Å²) >= 11 is 1.38. The first-order chi connectivity index (χ1) is 11.3. The fraction of sp³-hybridized carbons (Fsp3) is 0. The molecule has 3 aromatic heterocycles. The van der Waals surface area contributed by atoms with Crippen LogP contribution in [0.2, 0.25) is 0 Å². The summed E-state index contributed by atoms with van der Waals surface area (Å²) in [5.41, 5.74) is 3.47. The average molecular weight is 318 g/mol. The van der Waals surface area contributed by atoms with E-state index >= 15 is 0 Å². The van der Waals surface area contributed by atoms with Crippen molar-refractivity contribution in [1.82, 2.24) is 19.4 Å². The Morgan fingerprint density at radius 3 is 2.65 bits per heavy atom. The standard InChI is InChI=1S/C17H10N4OS/c22-16-14(9-15-18-10-5-1-2-6-11(10)19-15)23-17-20-12-7-3-4-8-13(12)21(16)17/h1-9H,(H,18,19). The fourth-order valence-corrected chi connectivity index (χ4v) is 3.74. The summed E-state index contributed by atoms with van der Waals surface area (Å²) in [5, 5.41) is 0. The first kappa shape index (κ1) is 12.5. The van der Waals surface area contributed by atoms with Gasteiger partial charge < -0.3 is 4.98 Å². The zero-order valence-corrected chi connectivity index (χ0v) is 12.7. The number of nitrogens with zero attached hydrogens (tertiary/aromatic N) is 3. The number of hydrogen-bond acceptors (Lipinski definition) is 4. The maximum atomic E-state index is 12.7. The highest BCUT2D eigenvalue weighted by atomic mass is 32.1. The van der Waals surface area contributed by atoms with Crippen molar-refractivity contribution in [3.8, 4) is 0 Å². The molecule has 5 aromatic rings. The minimum atomic E-state index is -0.0563. The van der Waals surface area contributed by atoms with Crippen LogP contribution < -0.4 is 10.1 Å². The monoisotopic (exact) mass is 318 g/mol. The molecule has 0 unspecified atom stereocenters. The summed E-state index contributed by atoms with van der Waals surface area (Å²) in [5.74, 6) is 0.678. The number of nitrogens with one attached hydrogen (secondary N) is 1. The second-order valence-corrected chi connectivity index (χ2v) is 6.28. The van der Waals surface area contributed by atoms with Gasteiger partial charge in [0.25, 0.3) is 5.56 Å². The SMILES string of the molecule is O=c1c(=Cc2nc3ccccc3[nH]2)sc2nc3ccccc3n12. The van der Waals surface area contributed by atoms with Gasteiger partial charge in [-0.3, -0.25) is 4.79 Å². The van der Waals surface area contributed by atoms with E-state index in [0.717, 1.165) is 22.1 Å². The predicted octanol–water partition coefficient (Wildman–Crippen LogP) is 2.33. The van der Waals surface area contributed by atoms with Crippen LogP contribution in [-0.4, -0.2) is 19.4 Å². The van der Waals surface area contributed by atoms with Gasteiger partial charge in [0.05, 0.1) is 22.1 Å². The Morgan fingerprint density at radius 1 is 1.00 bits per heavy atom. The van der Waals surface area contributed by atoms with Crippen molar-refractivity contribution in [2.75, 3.05) is 0 Å². The van der Waals surface area contributed by atoms with Crippen LogP contribution in [0, 0.1) is 0 Å². The molecular formula is C17H10N4OS. The molecule has 3 heterocycles. The summed E-state index contributed by atoms with van der Waals surface area (Å²) in [6.07, 6.45) is 1.79. The molecule has 5 rings (SSSR count). The molecule has 0 aliphatic heterocycles. The molecule has 110 valence electrons. The highest BCUT2D eigenvalue weighted by molar-refractivity contribution is 7.15. The molecule has 0 amide bonds. The lowest BCUT2D eigenvalue weighted by atomic mass is 10.3. The quantitative estimate of drug-likeness (QED) is 0.516. The Hall–Kier alpha value is -2.99. The highest BCUT2D eigenvalue weighted by Crippen LogP contribution is 2.16. The molecule has 0 fully saturated rings. The Kier molecular flexibility index (Phi) is 2.46. The van der Waals surface area contributed by atoms with E-state index < -0.39 is 0 Å². The van der Waals surface area contributed by atoms with Gasteiger partial charge in [-0.15, -0.1) is 0 Å². The van der Waals surface area contributed by atoms with Crippen molar-refractivity contribution < 1.29 is 0 Å². The number of imidazole rings is 2. The largest absolute Gasteiger partial charge is 0.338 e. The molecular weight excluding hydrogens is 308 g/mol. The van der Waals surface area contributed by atoms with Gasteiger partial charge >= 0.3 is 0 Å². The lowest BCUT2D eigenvalue weighted by Crippen LogP contribution is -2.22. The third kappa shape index (κ3) is 1.82. The number of aromatic amines is 1. The molecule has 6 heteroatoms. The molecule has 0 bridgehead atoms. The van der Waals surface area contributed by atoms with Crippen molar-refractivity contribution in [3.05, 3.63) is 69.2 Å². The Bertz CT molecular complexity index is 1260. The molecule has 0 atom stereocenters. The summed E-state index contributed by atoms with van der Waals surface area (Å²) in [4.78, 5) is 25.6. The molecule has 2 aromatic carbocycles. The smallest absolute Gasteiger partial charge is 0.275 e. The Labute approximate surface area is 133 Å².